The maximum atomic E-state index is 11.8. The molecule has 1 fully saturated rings. The molecule has 0 aromatic carbocycles. The fourth-order valence-corrected chi connectivity index (χ4v) is 1.89. The van der Waals surface area contributed by atoms with Crippen LogP contribution in [0.15, 0.2) is 0 Å². The number of carboxylic acids is 1. The number of amides is 2. The third-order valence-corrected chi connectivity index (χ3v) is 3.30. The summed E-state index contributed by atoms with van der Waals surface area (Å²) in [4.78, 5) is 24.2. The van der Waals surface area contributed by atoms with Gasteiger partial charge in [0.15, 0.2) is 0 Å². The molecule has 5 heteroatoms. The van der Waals surface area contributed by atoms with Crippen molar-refractivity contribution in [1.82, 2.24) is 10.2 Å². The number of carbonyl (C=O) groups is 2. The van der Waals surface area contributed by atoms with Crippen LogP contribution < -0.4 is 5.32 Å². The number of carboxylic acid groups (broad SMARTS) is 1. The first-order valence-corrected chi connectivity index (χ1v) is 6.20. The summed E-state index contributed by atoms with van der Waals surface area (Å²) in [5.41, 5.74) is 0. The highest BCUT2D eigenvalue weighted by molar-refractivity contribution is 5.82. The molecule has 0 spiro atoms. The predicted molar refractivity (Wildman–Crippen MR) is 64.8 cm³/mol. The monoisotopic (exact) mass is 242 g/mol. The van der Waals surface area contributed by atoms with Crippen LogP contribution in [0.5, 0.6) is 0 Å². The Labute approximate surface area is 102 Å². The van der Waals surface area contributed by atoms with Crippen molar-refractivity contribution in [2.45, 2.75) is 39.2 Å². The molecule has 0 bridgehead atoms. The smallest absolute Gasteiger partial charge is 0.326 e. The van der Waals surface area contributed by atoms with Crippen molar-refractivity contribution >= 4 is 12.0 Å². The van der Waals surface area contributed by atoms with Gasteiger partial charge < -0.3 is 15.3 Å². The Bertz CT molecular complexity index is 293. The van der Waals surface area contributed by atoms with E-state index in [4.69, 9.17) is 5.11 Å². The first-order chi connectivity index (χ1) is 7.95. The molecule has 1 aliphatic rings. The number of nitrogens with one attached hydrogen (secondary N) is 1. The van der Waals surface area contributed by atoms with Gasteiger partial charge in [-0.15, -0.1) is 0 Å². The zero-order valence-electron chi connectivity index (χ0n) is 10.8. The number of aliphatic carboxylic acids is 1. The minimum Gasteiger partial charge on any atom is -0.480 e. The Morgan fingerprint density at radius 1 is 1.53 bits per heavy atom. The van der Waals surface area contributed by atoms with E-state index in [-0.39, 0.29) is 6.03 Å². The van der Waals surface area contributed by atoms with Gasteiger partial charge in [-0.1, -0.05) is 20.3 Å². The van der Waals surface area contributed by atoms with Crippen LogP contribution in [0.4, 0.5) is 4.79 Å². The second-order valence-electron chi connectivity index (χ2n) is 4.98. The van der Waals surface area contributed by atoms with Gasteiger partial charge in [-0.2, -0.15) is 0 Å². The van der Waals surface area contributed by atoms with Crippen molar-refractivity contribution in [1.29, 1.82) is 0 Å². The molecule has 0 aromatic rings. The molecule has 1 aliphatic carbocycles. The predicted octanol–water partition coefficient (Wildman–Crippen LogP) is 1.54. The number of urea groups is 1. The first-order valence-electron chi connectivity index (χ1n) is 6.20. The lowest BCUT2D eigenvalue weighted by atomic mass is 10.2. The fourth-order valence-electron chi connectivity index (χ4n) is 1.89. The average Bonchev–Trinajstić information content (AvgIpc) is 2.93. The number of carbonyl (C=O) groups excluding carboxylic acids is 1. The van der Waals surface area contributed by atoms with Gasteiger partial charge in [0.05, 0.1) is 0 Å². The Morgan fingerprint density at radius 2 is 2.12 bits per heavy atom. The van der Waals surface area contributed by atoms with E-state index in [1.54, 1.807) is 11.9 Å². The van der Waals surface area contributed by atoms with Crippen LogP contribution in [-0.4, -0.2) is 41.6 Å². The molecule has 1 saturated carbocycles. The molecule has 1 rings (SSSR count). The highest BCUT2D eigenvalue weighted by Gasteiger charge is 2.34. The zero-order chi connectivity index (χ0) is 13.0. The lowest BCUT2D eigenvalue weighted by molar-refractivity contribution is -0.139. The SMILES string of the molecule is CCC[C@H](NC(=O)N(C)CC1CC1C)C(=O)O. The molecule has 0 saturated heterocycles. The third-order valence-electron chi connectivity index (χ3n) is 3.30. The molecular formula is C12H22N2O3. The van der Waals surface area contributed by atoms with Gasteiger partial charge in [0.2, 0.25) is 0 Å². The molecule has 5 nitrogen and oxygen atoms in total. The molecule has 2 unspecified atom stereocenters. The van der Waals surface area contributed by atoms with Crippen molar-refractivity contribution in [2.24, 2.45) is 11.8 Å². The van der Waals surface area contributed by atoms with Crippen molar-refractivity contribution in [2.75, 3.05) is 13.6 Å². The second-order valence-corrected chi connectivity index (χ2v) is 4.98. The number of hydrogen-bond donors (Lipinski definition) is 2. The number of hydrogen-bond acceptors (Lipinski definition) is 2. The average molecular weight is 242 g/mol. The number of rotatable bonds is 6. The molecule has 0 heterocycles. The second kappa shape index (κ2) is 5.89. The molecule has 0 radical (unpaired) electrons. The van der Waals surface area contributed by atoms with Crippen molar-refractivity contribution in [3.63, 3.8) is 0 Å². The van der Waals surface area contributed by atoms with E-state index in [1.807, 2.05) is 6.92 Å². The largest absolute Gasteiger partial charge is 0.480 e. The highest BCUT2D eigenvalue weighted by Crippen LogP contribution is 2.37. The summed E-state index contributed by atoms with van der Waals surface area (Å²) >= 11 is 0. The Balaban J connectivity index is 2.37. The van der Waals surface area contributed by atoms with Crippen molar-refractivity contribution in [3.05, 3.63) is 0 Å². The molecule has 0 aromatic heterocycles. The lowest BCUT2D eigenvalue weighted by Gasteiger charge is -2.21. The minimum absolute atomic E-state index is 0.287. The van der Waals surface area contributed by atoms with E-state index in [9.17, 15) is 9.59 Å². The normalized spacial score (nSPS) is 23.9. The standard InChI is InChI=1S/C12H22N2O3/c1-4-5-10(11(15)16)13-12(17)14(3)7-9-6-8(9)2/h8-10H,4-7H2,1-3H3,(H,13,17)(H,15,16)/t8?,9?,10-/m0/s1. The van der Waals surface area contributed by atoms with E-state index in [1.165, 1.54) is 0 Å². The van der Waals surface area contributed by atoms with Crippen LogP contribution in [-0.2, 0) is 4.79 Å². The van der Waals surface area contributed by atoms with Gasteiger partial charge >= 0.3 is 12.0 Å². The number of nitrogens with zero attached hydrogens (tertiary/aromatic N) is 1. The van der Waals surface area contributed by atoms with Crippen molar-refractivity contribution < 1.29 is 14.7 Å². The van der Waals surface area contributed by atoms with Gasteiger partial charge in [-0.05, 0) is 24.7 Å². The van der Waals surface area contributed by atoms with Gasteiger partial charge in [-0.25, -0.2) is 9.59 Å². The third kappa shape index (κ3) is 4.24. The van der Waals surface area contributed by atoms with Crippen molar-refractivity contribution in [3.8, 4) is 0 Å². The van der Waals surface area contributed by atoms with Crippen LogP contribution in [0.25, 0.3) is 0 Å². The topological polar surface area (TPSA) is 69.6 Å². The van der Waals surface area contributed by atoms with E-state index in [2.05, 4.69) is 12.2 Å². The maximum absolute atomic E-state index is 11.8. The van der Waals surface area contributed by atoms with Gasteiger partial charge in [0.1, 0.15) is 6.04 Å². The van der Waals surface area contributed by atoms with Crippen LogP contribution in [0.1, 0.15) is 33.1 Å². The van der Waals surface area contributed by atoms with Gasteiger partial charge in [0, 0.05) is 13.6 Å². The summed E-state index contributed by atoms with van der Waals surface area (Å²) in [5.74, 6) is 0.310. The Kier molecular flexibility index (Phi) is 4.78. The quantitative estimate of drug-likeness (QED) is 0.742. The molecule has 17 heavy (non-hydrogen) atoms. The molecule has 2 N–H and O–H groups in total. The summed E-state index contributed by atoms with van der Waals surface area (Å²) in [6, 6.07) is -1.06. The fraction of sp³-hybridized carbons (Fsp3) is 0.833. The molecule has 2 amide bonds. The lowest BCUT2D eigenvalue weighted by Crippen LogP contribution is -2.47. The summed E-state index contributed by atoms with van der Waals surface area (Å²) in [5, 5.41) is 11.5. The summed E-state index contributed by atoms with van der Waals surface area (Å²) in [6.07, 6.45) is 2.37. The van der Waals surface area contributed by atoms with E-state index in [0.29, 0.717) is 24.8 Å². The molecule has 3 atom stereocenters. The van der Waals surface area contributed by atoms with E-state index in [0.717, 1.165) is 12.8 Å². The summed E-state index contributed by atoms with van der Waals surface area (Å²) in [7, 11) is 1.71. The van der Waals surface area contributed by atoms with E-state index < -0.39 is 12.0 Å². The molecule has 98 valence electrons. The van der Waals surface area contributed by atoms with E-state index >= 15 is 0 Å². The summed E-state index contributed by atoms with van der Waals surface area (Å²) < 4.78 is 0. The van der Waals surface area contributed by atoms with Gasteiger partial charge in [-0.3, -0.25) is 0 Å². The Morgan fingerprint density at radius 3 is 2.53 bits per heavy atom. The zero-order valence-corrected chi connectivity index (χ0v) is 10.8. The summed E-state index contributed by atoms with van der Waals surface area (Å²) in [6.45, 7) is 4.77. The maximum Gasteiger partial charge on any atom is 0.326 e. The van der Waals surface area contributed by atoms with Crippen LogP contribution in [0.2, 0.25) is 0 Å². The first kappa shape index (κ1) is 13.8. The highest BCUT2D eigenvalue weighted by atomic mass is 16.4. The van der Waals surface area contributed by atoms with Gasteiger partial charge in [0.25, 0.3) is 0 Å². The molecule has 0 aliphatic heterocycles. The van der Waals surface area contributed by atoms with Crippen LogP contribution in [0.3, 0.4) is 0 Å². The van der Waals surface area contributed by atoms with Crippen LogP contribution >= 0.6 is 0 Å². The van der Waals surface area contributed by atoms with Crippen LogP contribution in [0, 0.1) is 11.8 Å². The molecular weight excluding hydrogens is 220 g/mol. The Hall–Kier alpha value is -1.26. The minimum atomic E-state index is -0.964.